The SMILES string of the molecule is O=[N+]([O-])c1ccc2c(c1)CN1CCNC1=N2. The minimum Gasteiger partial charge on any atom is -0.354 e. The molecule has 0 aromatic heterocycles. The number of nitro benzene ring substituents is 1. The van der Waals surface area contributed by atoms with E-state index < -0.39 is 0 Å². The summed E-state index contributed by atoms with van der Waals surface area (Å²) in [5, 5.41) is 13.8. The van der Waals surface area contributed by atoms with Crippen LogP contribution in [0.5, 0.6) is 0 Å². The Morgan fingerprint density at radius 1 is 1.50 bits per heavy atom. The molecule has 0 aliphatic carbocycles. The molecule has 2 aliphatic rings. The molecule has 6 heteroatoms. The van der Waals surface area contributed by atoms with E-state index in [0.717, 1.165) is 30.3 Å². The van der Waals surface area contributed by atoms with Crippen LogP contribution < -0.4 is 5.32 Å². The molecule has 0 amide bonds. The van der Waals surface area contributed by atoms with Gasteiger partial charge in [-0.3, -0.25) is 10.1 Å². The quantitative estimate of drug-likeness (QED) is 0.564. The Balaban J connectivity index is 2.04. The van der Waals surface area contributed by atoms with Gasteiger partial charge in [-0.1, -0.05) is 0 Å². The zero-order valence-corrected chi connectivity index (χ0v) is 8.51. The molecule has 1 N–H and O–H groups in total. The van der Waals surface area contributed by atoms with Crippen LogP contribution in [-0.2, 0) is 6.54 Å². The second kappa shape index (κ2) is 3.19. The van der Waals surface area contributed by atoms with Crippen LogP contribution in [0, 0.1) is 10.1 Å². The lowest BCUT2D eigenvalue weighted by atomic mass is 10.1. The van der Waals surface area contributed by atoms with Gasteiger partial charge < -0.3 is 10.2 Å². The van der Waals surface area contributed by atoms with E-state index in [1.165, 1.54) is 6.07 Å². The molecule has 16 heavy (non-hydrogen) atoms. The predicted octanol–water partition coefficient (Wildman–Crippen LogP) is 1.00. The molecule has 0 bridgehead atoms. The summed E-state index contributed by atoms with van der Waals surface area (Å²) in [7, 11) is 0. The smallest absolute Gasteiger partial charge is 0.269 e. The van der Waals surface area contributed by atoms with Crippen molar-refractivity contribution in [3.63, 3.8) is 0 Å². The summed E-state index contributed by atoms with van der Waals surface area (Å²) in [4.78, 5) is 16.8. The number of fused-ring (bicyclic) bond motifs is 2. The van der Waals surface area contributed by atoms with Gasteiger partial charge in [-0.05, 0) is 6.07 Å². The molecular weight excluding hydrogens is 208 g/mol. The zero-order valence-electron chi connectivity index (χ0n) is 8.51. The molecule has 0 spiro atoms. The van der Waals surface area contributed by atoms with Gasteiger partial charge in [-0.15, -0.1) is 0 Å². The lowest BCUT2D eigenvalue weighted by Gasteiger charge is -2.23. The summed E-state index contributed by atoms with van der Waals surface area (Å²) in [5.74, 6) is 0.876. The molecule has 82 valence electrons. The van der Waals surface area contributed by atoms with Crippen LogP contribution in [0.15, 0.2) is 23.2 Å². The van der Waals surface area contributed by atoms with Crippen LogP contribution in [-0.4, -0.2) is 28.9 Å². The van der Waals surface area contributed by atoms with Gasteiger partial charge >= 0.3 is 0 Å². The summed E-state index contributed by atoms with van der Waals surface area (Å²) in [6, 6.07) is 4.80. The van der Waals surface area contributed by atoms with Gasteiger partial charge in [0.1, 0.15) is 0 Å². The van der Waals surface area contributed by atoms with Crippen molar-refractivity contribution in [1.29, 1.82) is 0 Å². The molecule has 0 unspecified atom stereocenters. The fraction of sp³-hybridized carbons (Fsp3) is 0.300. The Bertz CT molecular complexity index is 498. The number of hydrogen-bond acceptors (Lipinski definition) is 5. The topological polar surface area (TPSA) is 70.8 Å². The van der Waals surface area contributed by atoms with Crippen LogP contribution in [0.25, 0.3) is 0 Å². The number of nitro groups is 1. The van der Waals surface area contributed by atoms with Crippen molar-refractivity contribution in [3.05, 3.63) is 33.9 Å². The number of benzene rings is 1. The van der Waals surface area contributed by atoms with Crippen molar-refractivity contribution in [3.8, 4) is 0 Å². The number of guanidine groups is 1. The maximum Gasteiger partial charge on any atom is 0.269 e. The maximum absolute atomic E-state index is 10.7. The van der Waals surface area contributed by atoms with Crippen molar-refractivity contribution in [2.45, 2.75) is 6.54 Å². The van der Waals surface area contributed by atoms with Crippen molar-refractivity contribution in [2.75, 3.05) is 13.1 Å². The van der Waals surface area contributed by atoms with E-state index >= 15 is 0 Å². The minimum atomic E-state index is -0.373. The van der Waals surface area contributed by atoms with Gasteiger partial charge in [-0.25, -0.2) is 4.99 Å². The highest BCUT2D eigenvalue weighted by Gasteiger charge is 2.24. The van der Waals surface area contributed by atoms with Gasteiger partial charge in [0, 0.05) is 37.3 Å². The van der Waals surface area contributed by atoms with E-state index in [1.54, 1.807) is 12.1 Å². The number of nitrogens with zero attached hydrogens (tertiary/aromatic N) is 3. The van der Waals surface area contributed by atoms with Crippen LogP contribution in [0.4, 0.5) is 11.4 Å². The van der Waals surface area contributed by atoms with E-state index in [1.807, 2.05) is 0 Å². The largest absolute Gasteiger partial charge is 0.354 e. The number of nitrogens with one attached hydrogen (secondary N) is 1. The lowest BCUT2D eigenvalue weighted by molar-refractivity contribution is -0.384. The summed E-state index contributed by atoms with van der Waals surface area (Å²) in [5.41, 5.74) is 1.87. The molecule has 2 heterocycles. The van der Waals surface area contributed by atoms with Crippen LogP contribution in [0.2, 0.25) is 0 Å². The molecule has 1 aromatic rings. The van der Waals surface area contributed by atoms with Crippen molar-refractivity contribution in [2.24, 2.45) is 4.99 Å². The standard InChI is InChI=1S/C10H10N4O2/c15-14(16)8-1-2-9-7(5-8)6-13-4-3-11-10(13)12-9/h1-2,5H,3-4,6H2,(H,11,12). The van der Waals surface area contributed by atoms with E-state index in [9.17, 15) is 10.1 Å². The van der Waals surface area contributed by atoms with Crippen molar-refractivity contribution < 1.29 is 4.92 Å². The number of hydrogen-bond donors (Lipinski definition) is 1. The minimum absolute atomic E-state index is 0.129. The normalized spacial score (nSPS) is 17.2. The lowest BCUT2D eigenvalue weighted by Crippen LogP contribution is -2.31. The second-order valence-corrected chi connectivity index (χ2v) is 3.85. The molecule has 0 radical (unpaired) electrons. The zero-order chi connectivity index (χ0) is 11.1. The van der Waals surface area contributed by atoms with E-state index in [2.05, 4.69) is 15.2 Å². The fourth-order valence-electron chi connectivity index (χ4n) is 2.03. The van der Waals surface area contributed by atoms with Crippen LogP contribution in [0.1, 0.15) is 5.56 Å². The molecule has 1 aromatic carbocycles. The van der Waals surface area contributed by atoms with Gasteiger partial charge in [0.15, 0.2) is 5.96 Å². The molecular formula is C10H10N4O2. The van der Waals surface area contributed by atoms with Crippen molar-refractivity contribution >= 4 is 17.3 Å². The number of aliphatic imine (C=N–C) groups is 1. The van der Waals surface area contributed by atoms with Gasteiger partial charge in [-0.2, -0.15) is 0 Å². The second-order valence-electron chi connectivity index (χ2n) is 3.85. The summed E-state index contributed by atoms with van der Waals surface area (Å²) in [6.45, 7) is 2.48. The summed E-state index contributed by atoms with van der Waals surface area (Å²) >= 11 is 0. The molecule has 1 saturated heterocycles. The third kappa shape index (κ3) is 1.30. The Morgan fingerprint density at radius 3 is 3.19 bits per heavy atom. The average Bonchev–Trinajstić information content (AvgIpc) is 2.71. The van der Waals surface area contributed by atoms with E-state index in [-0.39, 0.29) is 10.6 Å². The maximum atomic E-state index is 10.7. The van der Waals surface area contributed by atoms with Gasteiger partial charge in [0.25, 0.3) is 5.69 Å². The summed E-state index contributed by atoms with van der Waals surface area (Å²) in [6.07, 6.45) is 0. The predicted molar refractivity (Wildman–Crippen MR) is 58.6 cm³/mol. The fourth-order valence-corrected chi connectivity index (χ4v) is 2.03. The Labute approximate surface area is 91.7 Å². The molecule has 1 fully saturated rings. The van der Waals surface area contributed by atoms with Gasteiger partial charge in [0.05, 0.1) is 10.6 Å². The highest BCUT2D eigenvalue weighted by molar-refractivity contribution is 5.86. The third-order valence-corrected chi connectivity index (χ3v) is 2.83. The Kier molecular flexibility index (Phi) is 1.82. The highest BCUT2D eigenvalue weighted by Crippen LogP contribution is 2.29. The number of non-ortho nitro benzene ring substituents is 1. The van der Waals surface area contributed by atoms with Gasteiger partial charge in [0.2, 0.25) is 0 Å². The molecule has 0 atom stereocenters. The van der Waals surface area contributed by atoms with E-state index in [0.29, 0.717) is 6.54 Å². The molecule has 3 rings (SSSR count). The monoisotopic (exact) mass is 218 g/mol. The third-order valence-electron chi connectivity index (χ3n) is 2.83. The first kappa shape index (κ1) is 9.14. The Morgan fingerprint density at radius 2 is 2.38 bits per heavy atom. The molecule has 0 saturated carbocycles. The first-order chi connectivity index (χ1) is 7.74. The molecule has 2 aliphatic heterocycles. The van der Waals surface area contributed by atoms with Crippen LogP contribution >= 0.6 is 0 Å². The van der Waals surface area contributed by atoms with Crippen LogP contribution in [0.3, 0.4) is 0 Å². The summed E-state index contributed by atoms with van der Waals surface area (Å²) < 4.78 is 0. The Hall–Kier alpha value is -2.11. The average molecular weight is 218 g/mol. The first-order valence-electron chi connectivity index (χ1n) is 5.09. The number of rotatable bonds is 1. The highest BCUT2D eigenvalue weighted by atomic mass is 16.6. The molecule has 6 nitrogen and oxygen atoms in total. The van der Waals surface area contributed by atoms with Crippen molar-refractivity contribution in [1.82, 2.24) is 10.2 Å². The first-order valence-corrected chi connectivity index (χ1v) is 5.09. The van der Waals surface area contributed by atoms with E-state index in [4.69, 9.17) is 0 Å².